The van der Waals surface area contributed by atoms with Crippen LogP contribution in [0.4, 0.5) is 5.69 Å². The van der Waals surface area contributed by atoms with Crippen molar-refractivity contribution in [3.63, 3.8) is 0 Å². The van der Waals surface area contributed by atoms with Gasteiger partial charge in [-0.2, -0.15) is 0 Å². The van der Waals surface area contributed by atoms with E-state index in [9.17, 15) is 4.79 Å². The molecule has 5 nitrogen and oxygen atoms in total. The Labute approximate surface area is 134 Å². The maximum Gasteiger partial charge on any atom is 0.266 e. The second kappa shape index (κ2) is 5.61. The van der Waals surface area contributed by atoms with E-state index in [0.717, 1.165) is 22.5 Å². The number of nitrogens with zero attached hydrogens (tertiary/aromatic N) is 2. The minimum atomic E-state index is -0.906. The van der Waals surface area contributed by atoms with Crippen LogP contribution in [0.5, 0.6) is 0 Å². The van der Waals surface area contributed by atoms with Crippen LogP contribution in [0.1, 0.15) is 11.1 Å². The number of hydrogen-bond donors (Lipinski definition) is 1. The van der Waals surface area contributed by atoms with Gasteiger partial charge in [0.2, 0.25) is 0 Å². The minimum Gasteiger partial charge on any atom is -0.371 e. The molecule has 23 heavy (non-hydrogen) atoms. The number of fused-ring (bicyclic) bond motifs is 1. The van der Waals surface area contributed by atoms with Crippen LogP contribution in [0.2, 0.25) is 0 Å². The van der Waals surface area contributed by atoms with E-state index in [0.29, 0.717) is 13.2 Å². The Kier molecular flexibility index (Phi) is 3.44. The zero-order valence-electron chi connectivity index (χ0n) is 12.6. The molecule has 0 aliphatic carbocycles. The Hall–Kier alpha value is -2.50. The molecule has 1 saturated heterocycles. The maximum absolute atomic E-state index is 12.7. The lowest BCUT2D eigenvalue weighted by Crippen LogP contribution is -2.44. The standard InChI is InChI=1S/C18H17N3O2/c19-17-18(22)21(10-13-11-23-13)15-9-5-4-8-14(15)16(20-17)12-6-2-1-3-7-12/h1-9,13,17H,10-11,19H2/t13-,17?/m1/s1. The topological polar surface area (TPSA) is 71.2 Å². The smallest absolute Gasteiger partial charge is 0.266 e. The SMILES string of the molecule is NC1N=C(c2ccccc2)c2ccccc2N(C[C@@H]2CO2)C1=O. The van der Waals surface area contributed by atoms with E-state index in [1.807, 2.05) is 54.6 Å². The average Bonchev–Trinajstić information content (AvgIpc) is 3.42. The van der Waals surface area contributed by atoms with Crippen LogP contribution in [-0.4, -0.2) is 37.0 Å². The molecule has 2 atom stereocenters. The summed E-state index contributed by atoms with van der Waals surface area (Å²) in [6.45, 7) is 1.20. The van der Waals surface area contributed by atoms with Gasteiger partial charge < -0.3 is 15.4 Å². The number of aliphatic imine (C=N–C) groups is 1. The molecule has 0 spiro atoms. The molecule has 0 bridgehead atoms. The Morgan fingerprint density at radius 1 is 1.13 bits per heavy atom. The van der Waals surface area contributed by atoms with E-state index in [4.69, 9.17) is 10.5 Å². The summed E-state index contributed by atoms with van der Waals surface area (Å²) in [4.78, 5) is 18.9. The molecule has 116 valence electrons. The van der Waals surface area contributed by atoms with Crippen molar-refractivity contribution in [1.82, 2.24) is 0 Å². The van der Waals surface area contributed by atoms with Crippen LogP contribution >= 0.6 is 0 Å². The highest BCUT2D eigenvalue weighted by atomic mass is 16.6. The molecule has 0 saturated carbocycles. The Bertz CT molecular complexity index is 769. The first-order valence-corrected chi connectivity index (χ1v) is 7.65. The molecule has 2 N–H and O–H groups in total. The first-order valence-electron chi connectivity index (χ1n) is 7.65. The minimum absolute atomic E-state index is 0.0949. The molecular weight excluding hydrogens is 290 g/mol. The number of benzene rings is 2. The van der Waals surface area contributed by atoms with Gasteiger partial charge in [0.15, 0.2) is 6.17 Å². The van der Waals surface area contributed by atoms with Crippen LogP contribution < -0.4 is 10.6 Å². The largest absolute Gasteiger partial charge is 0.371 e. The summed E-state index contributed by atoms with van der Waals surface area (Å²) < 4.78 is 5.29. The van der Waals surface area contributed by atoms with Crippen LogP contribution in [0, 0.1) is 0 Å². The van der Waals surface area contributed by atoms with E-state index in [2.05, 4.69) is 4.99 Å². The molecular formula is C18H17N3O2. The molecule has 2 heterocycles. The first kappa shape index (κ1) is 14.1. The van der Waals surface area contributed by atoms with Crippen LogP contribution in [0.25, 0.3) is 0 Å². The number of carbonyl (C=O) groups is 1. The number of benzodiazepines with no additional fused rings is 1. The predicted octanol–water partition coefficient (Wildman–Crippen LogP) is 1.55. The van der Waals surface area contributed by atoms with Crippen LogP contribution in [0.15, 0.2) is 59.6 Å². The molecule has 1 unspecified atom stereocenters. The maximum atomic E-state index is 12.7. The van der Waals surface area contributed by atoms with Gasteiger partial charge in [-0.05, 0) is 6.07 Å². The van der Waals surface area contributed by atoms with Gasteiger partial charge in [0, 0.05) is 11.1 Å². The normalized spacial score (nSPS) is 23.1. The van der Waals surface area contributed by atoms with Crippen molar-refractivity contribution in [1.29, 1.82) is 0 Å². The summed E-state index contributed by atoms with van der Waals surface area (Å²) >= 11 is 0. The Morgan fingerprint density at radius 3 is 2.57 bits per heavy atom. The van der Waals surface area contributed by atoms with Gasteiger partial charge in [-0.1, -0.05) is 48.5 Å². The molecule has 5 heteroatoms. The van der Waals surface area contributed by atoms with Crippen LogP contribution in [-0.2, 0) is 9.53 Å². The van der Waals surface area contributed by atoms with E-state index < -0.39 is 6.17 Å². The third-order valence-corrected chi connectivity index (χ3v) is 4.07. The molecule has 0 radical (unpaired) electrons. The van der Waals surface area contributed by atoms with E-state index in [1.54, 1.807) is 4.90 Å². The van der Waals surface area contributed by atoms with Crippen molar-refractivity contribution in [2.24, 2.45) is 10.7 Å². The number of epoxide rings is 1. The monoisotopic (exact) mass is 307 g/mol. The highest BCUT2D eigenvalue weighted by molar-refractivity contribution is 6.20. The van der Waals surface area contributed by atoms with Crippen molar-refractivity contribution >= 4 is 17.3 Å². The lowest BCUT2D eigenvalue weighted by Gasteiger charge is -2.23. The molecule has 2 aromatic carbocycles. The van der Waals surface area contributed by atoms with Gasteiger partial charge in [-0.25, -0.2) is 0 Å². The summed E-state index contributed by atoms with van der Waals surface area (Å²) in [7, 11) is 0. The van der Waals surface area contributed by atoms with Crippen molar-refractivity contribution < 1.29 is 9.53 Å². The Balaban J connectivity index is 1.86. The third kappa shape index (κ3) is 2.65. The van der Waals surface area contributed by atoms with E-state index in [-0.39, 0.29) is 12.0 Å². The number of anilines is 1. The quantitative estimate of drug-likeness (QED) is 0.875. The number of rotatable bonds is 3. The molecule has 0 aromatic heterocycles. The van der Waals surface area contributed by atoms with Crippen molar-refractivity contribution in [2.45, 2.75) is 12.3 Å². The summed E-state index contributed by atoms with van der Waals surface area (Å²) in [6.07, 6.45) is -0.811. The number of para-hydroxylation sites is 1. The van der Waals surface area contributed by atoms with Gasteiger partial charge in [0.25, 0.3) is 5.91 Å². The van der Waals surface area contributed by atoms with E-state index >= 15 is 0 Å². The summed E-state index contributed by atoms with van der Waals surface area (Å²) in [5, 5.41) is 0. The summed E-state index contributed by atoms with van der Waals surface area (Å²) in [5.74, 6) is -0.195. The van der Waals surface area contributed by atoms with Crippen molar-refractivity contribution in [3.8, 4) is 0 Å². The Morgan fingerprint density at radius 2 is 1.83 bits per heavy atom. The number of carbonyl (C=O) groups excluding carboxylic acids is 1. The number of hydrogen-bond acceptors (Lipinski definition) is 4. The fourth-order valence-corrected chi connectivity index (χ4v) is 2.84. The molecule has 2 aliphatic rings. The third-order valence-electron chi connectivity index (χ3n) is 4.07. The van der Waals surface area contributed by atoms with Gasteiger partial charge in [0.1, 0.15) is 0 Å². The zero-order valence-corrected chi connectivity index (χ0v) is 12.6. The summed E-state index contributed by atoms with van der Waals surface area (Å²) in [5.41, 5.74) is 9.51. The lowest BCUT2D eigenvalue weighted by atomic mass is 10.0. The van der Waals surface area contributed by atoms with E-state index in [1.165, 1.54) is 0 Å². The average molecular weight is 307 g/mol. The fraction of sp³-hybridized carbons (Fsp3) is 0.222. The second-order valence-corrected chi connectivity index (χ2v) is 5.71. The van der Waals surface area contributed by atoms with Gasteiger partial charge >= 0.3 is 0 Å². The number of ether oxygens (including phenoxy) is 1. The zero-order chi connectivity index (χ0) is 15.8. The van der Waals surface area contributed by atoms with Crippen molar-refractivity contribution in [2.75, 3.05) is 18.1 Å². The molecule has 2 aliphatic heterocycles. The molecule has 4 rings (SSSR count). The van der Waals surface area contributed by atoms with Crippen molar-refractivity contribution in [3.05, 3.63) is 65.7 Å². The highest BCUT2D eigenvalue weighted by Gasteiger charge is 2.34. The highest BCUT2D eigenvalue weighted by Crippen LogP contribution is 2.29. The molecule has 1 fully saturated rings. The predicted molar refractivity (Wildman–Crippen MR) is 88.6 cm³/mol. The van der Waals surface area contributed by atoms with Crippen LogP contribution in [0.3, 0.4) is 0 Å². The number of amides is 1. The second-order valence-electron chi connectivity index (χ2n) is 5.71. The number of nitrogens with two attached hydrogens (primary N) is 1. The van der Waals surface area contributed by atoms with Gasteiger partial charge in [0.05, 0.1) is 30.7 Å². The molecule has 1 amide bonds. The fourth-order valence-electron chi connectivity index (χ4n) is 2.84. The first-order chi connectivity index (χ1) is 11.2. The summed E-state index contributed by atoms with van der Waals surface area (Å²) in [6, 6.07) is 17.6. The van der Waals surface area contributed by atoms with Gasteiger partial charge in [-0.3, -0.25) is 9.79 Å². The molecule has 2 aromatic rings. The van der Waals surface area contributed by atoms with Gasteiger partial charge in [-0.15, -0.1) is 0 Å². The lowest BCUT2D eigenvalue weighted by molar-refractivity contribution is -0.119.